The van der Waals surface area contributed by atoms with E-state index in [1.807, 2.05) is 0 Å². The molecular formula is C23H18ClF3N4O6S2. The van der Waals surface area contributed by atoms with Crippen LogP contribution in [-0.4, -0.2) is 49.8 Å². The van der Waals surface area contributed by atoms with E-state index in [1.165, 1.54) is 24.3 Å². The van der Waals surface area contributed by atoms with Gasteiger partial charge in [0, 0.05) is 11.4 Å². The first-order valence-corrected chi connectivity index (χ1v) is 13.7. The number of hydrogen-bond acceptors (Lipinski definition) is 7. The van der Waals surface area contributed by atoms with E-state index in [1.54, 1.807) is 17.0 Å². The van der Waals surface area contributed by atoms with Crippen molar-refractivity contribution in [2.75, 3.05) is 34.1 Å². The standard InChI is InChI=1S/C23H18ClF3N4O6S2/c24-19-8-7-18(38-19)21(33)31(12-39(34,35)36)17-11-13(23(25,26)27)1-6-16(17)20(32)29-14-2-4-15(5-3-14)30-9-10-37-22(30)28/h1-8,11,28H,9-10,12H2,(H,29,32)(H,34,35,36). The zero-order valence-electron chi connectivity index (χ0n) is 19.5. The van der Waals surface area contributed by atoms with Crippen LogP contribution >= 0.6 is 22.9 Å². The summed E-state index contributed by atoms with van der Waals surface area (Å²) in [5.74, 6) is -3.49. The van der Waals surface area contributed by atoms with Gasteiger partial charge in [-0.25, -0.2) is 0 Å². The summed E-state index contributed by atoms with van der Waals surface area (Å²) in [6.07, 6.45) is -4.90. The number of nitrogens with zero attached hydrogens (tertiary/aromatic N) is 2. The molecule has 4 rings (SSSR count). The topological polar surface area (TPSA) is 140 Å². The van der Waals surface area contributed by atoms with Gasteiger partial charge in [-0.15, -0.1) is 11.3 Å². The van der Waals surface area contributed by atoms with Gasteiger partial charge in [-0.1, -0.05) is 11.6 Å². The van der Waals surface area contributed by atoms with Gasteiger partial charge in [-0.2, -0.15) is 21.6 Å². The molecule has 0 atom stereocenters. The van der Waals surface area contributed by atoms with Crippen molar-refractivity contribution >= 4 is 68.0 Å². The number of carbonyl (C=O) groups excluding carboxylic acids is 2. The summed E-state index contributed by atoms with van der Waals surface area (Å²) < 4.78 is 78.9. The molecule has 206 valence electrons. The van der Waals surface area contributed by atoms with Gasteiger partial charge < -0.3 is 10.1 Å². The Morgan fingerprint density at radius 2 is 1.85 bits per heavy atom. The predicted octanol–water partition coefficient (Wildman–Crippen LogP) is 4.94. The summed E-state index contributed by atoms with van der Waals surface area (Å²) in [6, 6.07) is 10.5. The van der Waals surface area contributed by atoms with Crippen molar-refractivity contribution in [3.05, 3.63) is 74.9 Å². The van der Waals surface area contributed by atoms with Crippen molar-refractivity contribution in [1.82, 2.24) is 0 Å². The molecule has 1 aliphatic heterocycles. The normalized spacial score (nSPS) is 13.8. The molecule has 0 spiro atoms. The fourth-order valence-electron chi connectivity index (χ4n) is 3.67. The van der Waals surface area contributed by atoms with Gasteiger partial charge in [0.05, 0.1) is 32.6 Å². The van der Waals surface area contributed by atoms with Gasteiger partial charge in [0.1, 0.15) is 6.61 Å². The third-order valence-corrected chi connectivity index (χ3v) is 7.22. The number of amides is 2. The second kappa shape index (κ2) is 10.8. The number of nitrogens with one attached hydrogen (secondary N) is 2. The zero-order chi connectivity index (χ0) is 28.5. The quantitative estimate of drug-likeness (QED) is 0.326. The summed E-state index contributed by atoms with van der Waals surface area (Å²) in [6.45, 7) is 0.789. The van der Waals surface area contributed by atoms with E-state index >= 15 is 0 Å². The molecule has 16 heteroatoms. The molecule has 10 nitrogen and oxygen atoms in total. The predicted molar refractivity (Wildman–Crippen MR) is 139 cm³/mol. The van der Waals surface area contributed by atoms with Gasteiger partial charge in [0.2, 0.25) is 0 Å². The molecule has 1 aromatic heterocycles. The van der Waals surface area contributed by atoms with E-state index in [0.29, 0.717) is 35.9 Å². The average molecular weight is 603 g/mol. The van der Waals surface area contributed by atoms with Gasteiger partial charge in [-0.05, 0) is 54.6 Å². The first-order valence-electron chi connectivity index (χ1n) is 10.9. The number of benzene rings is 2. The van der Waals surface area contributed by atoms with Crippen molar-refractivity contribution in [2.45, 2.75) is 6.18 Å². The third kappa shape index (κ3) is 6.68. The fourth-order valence-corrected chi connectivity index (χ4v) is 5.24. The van der Waals surface area contributed by atoms with E-state index in [2.05, 4.69) is 5.32 Å². The highest BCUT2D eigenvalue weighted by atomic mass is 35.5. The molecule has 0 radical (unpaired) electrons. The summed E-state index contributed by atoms with van der Waals surface area (Å²) in [7, 11) is -4.95. The minimum atomic E-state index is -4.95. The smallest absolute Gasteiger partial charge is 0.416 e. The van der Waals surface area contributed by atoms with E-state index in [4.69, 9.17) is 21.7 Å². The number of alkyl halides is 3. The average Bonchev–Trinajstić information content (AvgIpc) is 3.49. The van der Waals surface area contributed by atoms with Crippen LogP contribution in [0.5, 0.6) is 0 Å². The number of halogens is 4. The van der Waals surface area contributed by atoms with Gasteiger partial charge in [0.15, 0.2) is 5.88 Å². The van der Waals surface area contributed by atoms with E-state index in [9.17, 15) is 35.7 Å². The maximum Gasteiger partial charge on any atom is 0.416 e. The lowest BCUT2D eigenvalue weighted by Crippen LogP contribution is -2.37. The van der Waals surface area contributed by atoms with Gasteiger partial charge in [-0.3, -0.25) is 29.4 Å². The van der Waals surface area contributed by atoms with Crippen molar-refractivity contribution in [3.63, 3.8) is 0 Å². The van der Waals surface area contributed by atoms with Crippen LogP contribution in [0.3, 0.4) is 0 Å². The molecule has 0 unspecified atom stereocenters. The molecule has 2 heterocycles. The van der Waals surface area contributed by atoms with Crippen LogP contribution in [0.1, 0.15) is 25.6 Å². The van der Waals surface area contributed by atoms with Crippen molar-refractivity contribution in [2.24, 2.45) is 0 Å². The van der Waals surface area contributed by atoms with Crippen molar-refractivity contribution in [1.29, 1.82) is 5.41 Å². The summed E-state index contributed by atoms with van der Waals surface area (Å²) in [5, 5.41) is 10.3. The van der Waals surface area contributed by atoms with Crippen LogP contribution in [0.4, 0.5) is 30.2 Å². The highest BCUT2D eigenvalue weighted by molar-refractivity contribution is 7.85. The number of rotatable bonds is 7. The van der Waals surface area contributed by atoms with Crippen LogP contribution < -0.4 is 15.1 Å². The molecule has 0 bridgehead atoms. The number of amidine groups is 1. The Balaban J connectivity index is 1.73. The lowest BCUT2D eigenvalue weighted by atomic mass is 10.1. The molecule has 0 saturated carbocycles. The summed E-state index contributed by atoms with van der Waals surface area (Å²) in [4.78, 5) is 28.2. The Morgan fingerprint density at radius 3 is 2.38 bits per heavy atom. The minimum absolute atomic E-state index is 0.0446. The lowest BCUT2D eigenvalue weighted by Gasteiger charge is -2.24. The van der Waals surface area contributed by atoms with Crippen LogP contribution in [0.2, 0.25) is 4.34 Å². The summed E-state index contributed by atoms with van der Waals surface area (Å²) in [5.41, 5.74) is -1.61. The number of hydrogen-bond donors (Lipinski definition) is 3. The molecule has 1 fully saturated rings. The molecule has 2 aromatic carbocycles. The highest BCUT2D eigenvalue weighted by Gasteiger charge is 2.35. The Kier molecular flexibility index (Phi) is 7.88. The van der Waals surface area contributed by atoms with Crippen LogP contribution in [0.15, 0.2) is 54.6 Å². The molecular weight excluding hydrogens is 585 g/mol. The SMILES string of the molecule is N=C1OCCN1c1ccc(NC(=O)c2ccc(C(F)(F)F)cc2N(CS(=O)(=O)O)C(=O)c2ccc(Cl)s2)cc1. The first kappa shape index (κ1) is 28.4. The van der Waals surface area contributed by atoms with Crippen LogP contribution in [-0.2, 0) is 21.0 Å². The Labute approximate surface area is 228 Å². The molecule has 1 saturated heterocycles. The molecule has 2 amide bonds. The van der Waals surface area contributed by atoms with E-state index in [0.717, 1.165) is 17.4 Å². The van der Waals surface area contributed by atoms with E-state index in [-0.39, 0.29) is 20.9 Å². The largest absolute Gasteiger partial charge is 0.463 e. The lowest BCUT2D eigenvalue weighted by molar-refractivity contribution is -0.137. The Bertz CT molecular complexity index is 1540. The number of thiophene rings is 1. The molecule has 3 aromatic rings. The minimum Gasteiger partial charge on any atom is -0.463 e. The highest BCUT2D eigenvalue weighted by Crippen LogP contribution is 2.35. The number of carbonyl (C=O) groups is 2. The van der Waals surface area contributed by atoms with Gasteiger partial charge in [0.25, 0.3) is 28.0 Å². The Hall–Kier alpha value is -3.66. The van der Waals surface area contributed by atoms with Gasteiger partial charge >= 0.3 is 6.18 Å². The monoisotopic (exact) mass is 602 g/mol. The molecule has 3 N–H and O–H groups in total. The zero-order valence-corrected chi connectivity index (χ0v) is 21.9. The molecule has 39 heavy (non-hydrogen) atoms. The summed E-state index contributed by atoms with van der Waals surface area (Å²) >= 11 is 6.58. The third-order valence-electron chi connectivity index (χ3n) is 5.42. The second-order valence-electron chi connectivity index (χ2n) is 8.08. The number of ether oxygens (including phenoxy) is 1. The second-order valence-corrected chi connectivity index (χ2v) is 11.2. The van der Waals surface area contributed by atoms with Crippen LogP contribution in [0, 0.1) is 5.41 Å². The maximum atomic E-state index is 13.6. The van der Waals surface area contributed by atoms with Crippen molar-refractivity contribution in [3.8, 4) is 0 Å². The Morgan fingerprint density at radius 1 is 1.15 bits per heavy atom. The van der Waals surface area contributed by atoms with Crippen molar-refractivity contribution < 1.29 is 40.5 Å². The maximum absolute atomic E-state index is 13.6. The first-order chi connectivity index (χ1) is 18.2. The molecule has 1 aliphatic rings. The molecule has 0 aliphatic carbocycles. The fraction of sp³-hybridized carbons (Fsp3) is 0.174. The van der Waals surface area contributed by atoms with E-state index < -0.39 is 50.8 Å². The van der Waals surface area contributed by atoms with Crippen LogP contribution in [0.25, 0.3) is 0 Å². The number of anilines is 3.